The molecule has 1 aliphatic carbocycles. The van der Waals surface area contributed by atoms with Gasteiger partial charge in [-0.2, -0.15) is 0 Å². The van der Waals surface area contributed by atoms with Gasteiger partial charge in [-0.1, -0.05) is 48.5 Å². The lowest BCUT2D eigenvalue weighted by atomic mass is 9.98. The number of nitrogens with one attached hydrogen (secondary N) is 1. The maximum atomic E-state index is 12.9. The number of aliphatic carboxylic acids is 1. The van der Waals surface area contributed by atoms with E-state index in [1.54, 1.807) is 11.8 Å². The second-order valence-corrected chi connectivity index (χ2v) is 9.17. The second kappa shape index (κ2) is 10.9. The lowest BCUT2D eigenvalue weighted by Crippen LogP contribution is -2.43. The molecule has 2 aromatic carbocycles. The Morgan fingerprint density at radius 2 is 1.74 bits per heavy atom. The van der Waals surface area contributed by atoms with E-state index >= 15 is 0 Å². The smallest absolute Gasteiger partial charge is 0.407 e. The van der Waals surface area contributed by atoms with Gasteiger partial charge >= 0.3 is 12.1 Å². The highest BCUT2D eigenvalue weighted by atomic mass is 16.5. The third-order valence-electron chi connectivity index (χ3n) is 6.87. The summed E-state index contributed by atoms with van der Waals surface area (Å²) in [6.45, 7) is 4.75. The Balaban J connectivity index is 1.26. The molecule has 1 heterocycles. The minimum Gasteiger partial charge on any atom is -0.481 e. The molecule has 0 radical (unpaired) electrons. The Kier molecular flexibility index (Phi) is 7.70. The van der Waals surface area contributed by atoms with Crippen molar-refractivity contribution in [2.45, 2.75) is 44.8 Å². The zero-order valence-corrected chi connectivity index (χ0v) is 20.1. The summed E-state index contributed by atoms with van der Waals surface area (Å²) in [5.41, 5.74) is 4.65. The van der Waals surface area contributed by atoms with Gasteiger partial charge in [0.1, 0.15) is 6.61 Å². The molecule has 186 valence electrons. The van der Waals surface area contributed by atoms with Gasteiger partial charge in [-0.25, -0.2) is 4.79 Å². The topological polar surface area (TPSA) is 105 Å². The standard InChI is InChI=1S/C27H32N2O6/c1-3-29(17(2)12-25(30)31)26(32)18-13-19(34-15-18)14-28-27(33)35-16-24-22-10-6-4-8-20(22)21-9-5-7-11-23(21)24/h4-11,17-19,24H,3,12-16H2,1-2H3,(H,28,33)(H,30,31)/t17?,18-,19-/m0/s1. The van der Waals surface area contributed by atoms with Crippen LogP contribution in [0.25, 0.3) is 11.1 Å². The highest BCUT2D eigenvalue weighted by Crippen LogP contribution is 2.44. The molecule has 8 nitrogen and oxygen atoms in total. The third kappa shape index (κ3) is 5.48. The summed E-state index contributed by atoms with van der Waals surface area (Å²) in [4.78, 5) is 37.9. The van der Waals surface area contributed by atoms with Crippen LogP contribution in [0.5, 0.6) is 0 Å². The normalized spacial score (nSPS) is 19.5. The van der Waals surface area contributed by atoms with Crippen LogP contribution >= 0.6 is 0 Å². The van der Waals surface area contributed by atoms with E-state index in [0.717, 1.165) is 11.1 Å². The van der Waals surface area contributed by atoms with Crippen molar-refractivity contribution in [3.8, 4) is 11.1 Å². The molecule has 2 N–H and O–H groups in total. The number of nitrogens with zero attached hydrogens (tertiary/aromatic N) is 1. The van der Waals surface area contributed by atoms with E-state index in [2.05, 4.69) is 29.6 Å². The summed E-state index contributed by atoms with van der Waals surface area (Å²) >= 11 is 0. The van der Waals surface area contributed by atoms with Gasteiger partial charge in [0.05, 0.1) is 25.0 Å². The molecule has 0 aromatic heterocycles. The number of carboxylic acid groups (broad SMARTS) is 1. The van der Waals surface area contributed by atoms with Gasteiger partial charge in [0.15, 0.2) is 0 Å². The quantitative estimate of drug-likeness (QED) is 0.568. The molecule has 0 bridgehead atoms. The molecular formula is C27H32N2O6. The van der Waals surface area contributed by atoms with Crippen LogP contribution in [0.15, 0.2) is 48.5 Å². The highest BCUT2D eigenvalue weighted by molar-refractivity contribution is 5.81. The Morgan fingerprint density at radius 3 is 2.34 bits per heavy atom. The van der Waals surface area contributed by atoms with Crippen molar-refractivity contribution >= 4 is 18.0 Å². The van der Waals surface area contributed by atoms with Crippen LogP contribution in [-0.2, 0) is 19.1 Å². The number of carboxylic acids is 1. The van der Waals surface area contributed by atoms with Crippen LogP contribution in [0.3, 0.4) is 0 Å². The van der Waals surface area contributed by atoms with Crippen LogP contribution in [0.4, 0.5) is 4.79 Å². The molecule has 0 saturated carbocycles. The number of carbonyl (C=O) groups is 3. The molecule has 0 spiro atoms. The van der Waals surface area contributed by atoms with Crippen LogP contribution in [0.1, 0.15) is 43.7 Å². The fraction of sp³-hybridized carbons (Fsp3) is 0.444. The Bertz CT molecular complexity index is 1040. The predicted octanol–water partition coefficient (Wildman–Crippen LogP) is 3.64. The fourth-order valence-electron chi connectivity index (χ4n) is 5.15. The van der Waals surface area contributed by atoms with Crippen LogP contribution in [-0.4, -0.2) is 66.4 Å². The molecule has 35 heavy (non-hydrogen) atoms. The monoisotopic (exact) mass is 480 g/mol. The average Bonchev–Trinajstić information content (AvgIpc) is 3.44. The highest BCUT2D eigenvalue weighted by Gasteiger charge is 2.35. The predicted molar refractivity (Wildman–Crippen MR) is 130 cm³/mol. The van der Waals surface area contributed by atoms with E-state index in [-0.39, 0.29) is 56.1 Å². The van der Waals surface area contributed by atoms with Crippen molar-refractivity contribution in [3.05, 3.63) is 59.7 Å². The number of benzene rings is 2. The number of ether oxygens (including phenoxy) is 2. The van der Waals surface area contributed by atoms with Crippen LogP contribution in [0, 0.1) is 5.92 Å². The number of rotatable bonds is 9. The first-order valence-electron chi connectivity index (χ1n) is 12.1. The minimum atomic E-state index is -0.934. The molecule has 2 aliphatic rings. The van der Waals surface area contributed by atoms with E-state index in [4.69, 9.17) is 14.6 Å². The van der Waals surface area contributed by atoms with Gasteiger partial charge in [0, 0.05) is 25.0 Å². The Hall–Kier alpha value is -3.39. The van der Waals surface area contributed by atoms with Crippen molar-refractivity contribution in [2.75, 3.05) is 26.3 Å². The van der Waals surface area contributed by atoms with Crippen molar-refractivity contribution in [2.24, 2.45) is 5.92 Å². The minimum absolute atomic E-state index is 0.00861. The Labute approximate surface area is 205 Å². The van der Waals surface area contributed by atoms with E-state index in [9.17, 15) is 14.4 Å². The summed E-state index contributed by atoms with van der Waals surface area (Å²) in [6.07, 6.45) is -0.438. The molecule has 2 amide bonds. The maximum absolute atomic E-state index is 12.9. The summed E-state index contributed by atoms with van der Waals surface area (Å²) in [5, 5.41) is 11.8. The van der Waals surface area contributed by atoms with Gasteiger partial charge in [0.25, 0.3) is 0 Å². The number of hydrogen-bond acceptors (Lipinski definition) is 5. The molecule has 8 heteroatoms. The van der Waals surface area contributed by atoms with Gasteiger partial charge in [0.2, 0.25) is 5.91 Å². The summed E-state index contributed by atoms with van der Waals surface area (Å²) in [5.74, 6) is -1.40. The van der Waals surface area contributed by atoms with Crippen molar-refractivity contribution in [1.29, 1.82) is 0 Å². The first kappa shape index (κ1) is 24.7. The maximum Gasteiger partial charge on any atom is 0.407 e. The van der Waals surface area contributed by atoms with Crippen LogP contribution < -0.4 is 5.32 Å². The lowest BCUT2D eigenvalue weighted by Gasteiger charge is -2.29. The molecule has 1 saturated heterocycles. The van der Waals surface area contributed by atoms with Crippen molar-refractivity contribution < 1.29 is 29.0 Å². The molecule has 2 aromatic rings. The fourth-order valence-corrected chi connectivity index (χ4v) is 5.15. The first-order valence-corrected chi connectivity index (χ1v) is 12.1. The molecular weight excluding hydrogens is 448 g/mol. The van der Waals surface area contributed by atoms with Gasteiger partial charge in [-0.15, -0.1) is 0 Å². The molecule has 4 rings (SSSR count). The molecule has 1 fully saturated rings. The average molecular weight is 481 g/mol. The number of fused-ring (bicyclic) bond motifs is 3. The lowest BCUT2D eigenvalue weighted by molar-refractivity contribution is -0.142. The van der Waals surface area contributed by atoms with Gasteiger partial charge in [-0.05, 0) is 42.5 Å². The third-order valence-corrected chi connectivity index (χ3v) is 6.87. The van der Waals surface area contributed by atoms with Gasteiger partial charge in [-0.3, -0.25) is 9.59 Å². The second-order valence-electron chi connectivity index (χ2n) is 9.17. The number of hydrogen-bond donors (Lipinski definition) is 2. The number of alkyl carbamates (subject to hydrolysis) is 1. The molecule has 1 unspecified atom stereocenters. The summed E-state index contributed by atoms with van der Waals surface area (Å²) in [6, 6.07) is 15.9. The summed E-state index contributed by atoms with van der Waals surface area (Å²) in [7, 11) is 0. The van der Waals surface area contributed by atoms with Gasteiger partial charge < -0.3 is 24.8 Å². The van der Waals surface area contributed by atoms with E-state index in [0.29, 0.717) is 13.0 Å². The number of amides is 2. The Morgan fingerprint density at radius 1 is 1.11 bits per heavy atom. The van der Waals surface area contributed by atoms with Crippen molar-refractivity contribution in [3.63, 3.8) is 0 Å². The summed E-state index contributed by atoms with van der Waals surface area (Å²) < 4.78 is 11.3. The number of carbonyl (C=O) groups excluding carboxylic acids is 2. The van der Waals surface area contributed by atoms with Crippen LogP contribution in [0.2, 0.25) is 0 Å². The largest absolute Gasteiger partial charge is 0.481 e. The zero-order chi connectivity index (χ0) is 24.9. The zero-order valence-electron chi connectivity index (χ0n) is 20.1. The SMILES string of the molecule is CCN(C(=O)[C@@H]1CO[C@H](CNC(=O)OCC2c3ccccc3-c3ccccc32)C1)C(C)CC(=O)O. The molecule has 3 atom stereocenters. The van der Waals surface area contributed by atoms with E-state index in [1.807, 2.05) is 31.2 Å². The van der Waals surface area contributed by atoms with Crippen molar-refractivity contribution in [1.82, 2.24) is 10.2 Å². The van der Waals surface area contributed by atoms with E-state index in [1.165, 1.54) is 11.1 Å². The first-order chi connectivity index (χ1) is 16.9. The molecule has 1 aliphatic heterocycles. The van der Waals surface area contributed by atoms with E-state index < -0.39 is 12.1 Å².